The van der Waals surface area contributed by atoms with Gasteiger partial charge in [0, 0.05) is 0 Å². The van der Waals surface area contributed by atoms with E-state index in [9.17, 15) is 13.2 Å². The van der Waals surface area contributed by atoms with Crippen LogP contribution in [0.5, 0.6) is 0 Å². The Hall–Kier alpha value is -0.601. The van der Waals surface area contributed by atoms with Crippen molar-refractivity contribution in [2.75, 3.05) is 0 Å². The van der Waals surface area contributed by atoms with Crippen molar-refractivity contribution in [1.29, 1.82) is 0 Å². The second-order valence-corrected chi connectivity index (χ2v) is 25.9. The molecule has 5 nitrogen and oxygen atoms in total. The number of ether oxygens (including phenoxy) is 1. The van der Waals surface area contributed by atoms with Gasteiger partial charge in [-0.2, -0.15) is 0 Å². The predicted molar refractivity (Wildman–Crippen MR) is 146 cm³/mol. The zero-order valence-electron chi connectivity index (χ0n) is 22.9. The topological polar surface area (TPSA) is 72.5 Å². The summed E-state index contributed by atoms with van der Waals surface area (Å²) in [5.41, 5.74) is -0.677. The number of carbonyl (C=O) groups excluding carboxylic acids is 1. The van der Waals surface area contributed by atoms with Crippen molar-refractivity contribution in [2.24, 2.45) is 5.92 Å². The third-order valence-corrected chi connectivity index (χ3v) is 23.5. The van der Waals surface area contributed by atoms with E-state index in [2.05, 4.69) is 37.6 Å². The molecule has 1 N–H and O–H groups in total. The number of benzene rings is 1. The minimum atomic E-state index is -3.85. The summed E-state index contributed by atoms with van der Waals surface area (Å²) in [5, 5.41) is 0. The van der Waals surface area contributed by atoms with Crippen LogP contribution in [0, 0.1) is 5.92 Å². The van der Waals surface area contributed by atoms with Crippen LogP contribution in [0.15, 0.2) is 29.2 Å². The van der Waals surface area contributed by atoms with Crippen LogP contribution in [-0.4, -0.2) is 44.4 Å². The zero-order valence-corrected chi connectivity index (χ0v) is 26.5. The number of sulfonamides is 1. The first-order chi connectivity index (χ1) is 15.8. The first-order valence-electron chi connectivity index (χ1n) is 13.2. The van der Waals surface area contributed by atoms with Crippen molar-refractivity contribution < 1.29 is 17.9 Å². The summed E-state index contributed by atoms with van der Waals surface area (Å²) in [4.78, 5) is 12.9. The van der Waals surface area contributed by atoms with Crippen LogP contribution < -0.4 is 8.30 Å². The molecule has 0 fully saturated rings. The monoisotopic (exact) mass is 603 g/mol. The molecule has 0 heterocycles. The van der Waals surface area contributed by atoms with E-state index in [-0.39, 0.29) is 10.8 Å². The molecule has 0 aliphatic rings. The summed E-state index contributed by atoms with van der Waals surface area (Å²) >= 11 is -2.62. The van der Waals surface area contributed by atoms with Crippen molar-refractivity contribution in [3.63, 3.8) is 0 Å². The van der Waals surface area contributed by atoms with Crippen molar-refractivity contribution in [3.8, 4) is 0 Å². The third-order valence-electron chi connectivity index (χ3n) is 6.41. The zero-order chi connectivity index (χ0) is 26.0. The van der Waals surface area contributed by atoms with Crippen molar-refractivity contribution >= 4 is 37.9 Å². The van der Waals surface area contributed by atoms with E-state index >= 15 is 0 Å². The van der Waals surface area contributed by atoms with Crippen molar-refractivity contribution in [3.05, 3.63) is 24.3 Å². The maximum atomic E-state index is 13.2. The first-order valence-corrected chi connectivity index (χ1v) is 22.1. The van der Waals surface area contributed by atoms with Crippen LogP contribution in [0.4, 0.5) is 0 Å². The second-order valence-electron chi connectivity index (χ2n) is 11.0. The molecule has 0 amide bonds. The maximum absolute atomic E-state index is 13.2. The molecule has 7 heteroatoms. The predicted octanol–water partition coefficient (Wildman–Crippen LogP) is 6.39. The molecular weight excluding hydrogens is 553 g/mol. The molecule has 1 atom stereocenters. The van der Waals surface area contributed by atoms with Gasteiger partial charge in [0.1, 0.15) is 0 Å². The van der Waals surface area contributed by atoms with Gasteiger partial charge in [-0.1, -0.05) is 0 Å². The van der Waals surface area contributed by atoms with Crippen LogP contribution in [0.25, 0.3) is 0 Å². The summed E-state index contributed by atoms with van der Waals surface area (Å²) in [7, 11) is -3.85. The number of unbranched alkanes of at least 4 members (excludes halogenated alkanes) is 3. The molecule has 0 spiro atoms. The molecule has 1 rings (SSSR count). The van der Waals surface area contributed by atoms with Crippen molar-refractivity contribution in [1.82, 2.24) is 4.72 Å². The van der Waals surface area contributed by atoms with E-state index in [1.165, 1.54) is 55.4 Å². The fraction of sp³-hybridized carbons (Fsp3) is 0.741. The van der Waals surface area contributed by atoms with Crippen LogP contribution in [0.3, 0.4) is 0 Å². The van der Waals surface area contributed by atoms with Gasteiger partial charge < -0.3 is 0 Å². The molecule has 0 aromatic heterocycles. The second kappa shape index (κ2) is 14.2. The molecular formula is C27H49NO4SSn. The number of hydrogen-bond acceptors (Lipinski definition) is 4. The van der Waals surface area contributed by atoms with Gasteiger partial charge in [-0.25, -0.2) is 0 Å². The van der Waals surface area contributed by atoms with E-state index in [1.54, 1.807) is 32.9 Å². The van der Waals surface area contributed by atoms with E-state index in [4.69, 9.17) is 4.74 Å². The first kappa shape index (κ1) is 31.4. The van der Waals surface area contributed by atoms with E-state index < -0.39 is 46.0 Å². The molecule has 196 valence electrons. The SMILES string of the molecule is CCC[CH2][Sn]([CH2]CCC)([CH2]CCC)[c]1ccc(S(=O)(=O)N[C@@H](C(=O)OC(C)(C)C)C(C)C)cc1. The fourth-order valence-electron chi connectivity index (χ4n) is 4.40. The Morgan fingerprint density at radius 1 is 0.912 bits per heavy atom. The summed E-state index contributed by atoms with van der Waals surface area (Å²) in [5.74, 6) is -0.776. The fourth-order valence-corrected chi connectivity index (χ4v) is 21.7. The minimum absolute atomic E-state index is 0.215. The summed E-state index contributed by atoms with van der Waals surface area (Å²) in [6.07, 6.45) is 7.39. The normalized spacial score (nSPS) is 13.8. The van der Waals surface area contributed by atoms with Gasteiger partial charge in [0.2, 0.25) is 0 Å². The molecule has 0 saturated heterocycles. The van der Waals surface area contributed by atoms with Gasteiger partial charge in [-0.3, -0.25) is 0 Å². The van der Waals surface area contributed by atoms with Gasteiger partial charge in [-0.05, 0) is 0 Å². The van der Waals surface area contributed by atoms with Gasteiger partial charge in [0.05, 0.1) is 0 Å². The molecule has 34 heavy (non-hydrogen) atoms. The Kier molecular flexibility index (Phi) is 13.1. The Morgan fingerprint density at radius 3 is 1.71 bits per heavy atom. The van der Waals surface area contributed by atoms with Gasteiger partial charge in [0.25, 0.3) is 0 Å². The number of nitrogens with one attached hydrogen (secondary N) is 1. The van der Waals surface area contributed by atoms with Gasteiger partial charge in [0.15, 0.2) is 0 Å². The van der Waals surface area contributed by atoms with E-state index in [0.717, 1.165) is 0 Å². The van der Waals surface area contributed by atoms with E-state index in [0.29, 0.717) is 0 Å². The molecule has 0 aliphatic carbocycles. The number of esters is 1. The van der Waals surface area contributed by atoms with Crippen LogP contribution >= 0.6 is 0 Å². The molecule has 1 aromatic rings. The molecule has 0 aliphatic heterocycles. The summed E-state index contributed by atoms with van der Waals surface area (Å²) < 4.78 is 39.9. The average molecular weight is 602 g/mol. The molecule has 0 radical (unpaired) electrons. The average Bonchev–Trinajstić information content (AvgIpc) is 2.76. The van der Waals surface area contributed by atoms with E-state index in [1.807, 2.05) is 13.8 Å². The Labute approximate surface area is 213 Å². The Balaban J connectivity index is 3.24. The number of rotatable bonds is 15. The third kappa shape index (κ3) is 9.80. The quantitative estimate of drug-likeness (QED) is 0.187. The number of carbonyl (C=O) groups is 1. The van der Waals surface area contributed by atoms with Gasteiger partial charge >= 0.3 is 215 Å². The number of hydrogen-bond donors (Lipinski definition) is 1. The molecule has 0 bridgehead atoms. The standard InChI is InChI=1S/C15H22NO4S.3C4H9.Sn/c1-11(2)13(14(17)20-15(3,4)5)16-21(18,19)12-9-7-6-8-10-12;3*1-3-4-2;/h7-11,13,16H,1-5H3;3*1,3-4H2,2H3;/t13-;;;;/m1..../s1. The molecule has 0 unspecified atom stereocenters. The van der Waals surface area contributed by atoms with Crippen LogP contribution in [0.2, 0.25) is 13.3 Å². The van der Waals surface area contributed by atoms with Crippen molar-refractivity contribution in [2.45, 2.75) is 124 Å². The summed E-state index contributed by atoms with van der Waals surface area (Å²) in [6, 6.07) is 6.74. The van der Waals surface area contributed by atoms with Crippen LogP contribution in [0.1, 0.15) is 93.9 Å². The Morgan fingerprint density at radius 2 is 1.35 bits per heavy atom. The Bertz CT molecular complexity index is 823. The molecule has 1 aromatic carbocycles. The molecule has 0 saturated carbocycles. The van der Waals surface area contributed by atoms with Gasteiger partial charge in [-0.15, -0.1) is 0 Å². The van der Waals surface area contributed by atoms with Crippen LogP contribution in [-0.2, 0) is 19.6 Å². The summed E-state index contributed by atoms with van der Waals surface area (Å²) in [6.45, 7) is 15.8.